The number of aliphatic carboxylic acids is 1. The molecule has 0 aromatic carbocycles. The standard InChI is InChI=1S/C20H38FNO2SSi2/c1-26(2,3)15-9-13(10-16(12-15)27(4,5)6)19(25)22-14-7-8-17(20(23)24)18(21)11-14/h13-18H,7-12H2,1-6H3,(H,22,25)(H,23,24). The Morgan fingerprint density at radius 1 is 0.963 bits per heavy atom. The molecule has 3 nitrogen and oxygen atoms in total. The van der Waals surface area contributed by atoms with Crippen LogP contribution in [0.5, 0.6) is 0 Å². The van der Waals surface area contributed by atoms with E-state index in [0.717, 1.165) is 16.1 Å². The minimum atomic E-state index is -1.27. The highest BCUT2D eigenvalue weighted by atomic mass is 32.1. The molecule has 156 valence electrons. The molecular formula is C20H38FNO2SSi2. The minimum absolute atomic E-state index is 0.0133. The third kappa shape index (κ3) is 6.10. The fourth-order valence-electron chi connectivity index (χ4n) is 4.79. The van der Waals surface area contributed by atoms with E-state index in [1.54, 1.807) is 0 Å². The fraction of sp³-hybridized carbons (Fsp3) is 0.900. The van der Waals surface area contributed by atoms with Crippen LogP contribution in [0.4, 0.5) is 4.39 Å². The van der Waals surface area contributed by atoms with Crippen LogP contribution >= 0.6 is 12.2 Å². The van der Waals surface area contributed by atoms with Gasteiger partial charge < -0.3 is 10.4 Å². The van der Waals surface area contributed by atoms with Crippen molar-refractivity contribution in [3.05, 3.63) is 0 Å². The smallest absolute Gasteiger partial charge is 0.309 e. The van der Waals surface area contributed by atoms with Crippen LogP contribution in [0.25, 0.3) is 0 Å². The zero-order valence-corrected chi connectivity index (χ0v) is 20.7. The quantitative estimate of drug-likeness (QED) is 0.432. The van der Waals surface area contributed by atoms with Gasteiger partial charge in [0.05, 0.1) is 10.9 Å². The van der Waals surface area contributed by atoms with E-state index in [9.17, 15) is 9.18 Å². The third-order valence-corrected chi connectivity index (χ3v) is 13.3. The lowest BCUT2D eigenvalue weighted by Crippen LogP contribution is -2.47. The van der Waals surface area contributed by atoms with E-state index in [1.807, 2.05) is 0 Å². The molecule has 2 saturated carbocycles. The molecule has 5 unspecified atom stereocenters. The van der Waals surface area contributed by atoms with Crippen molar-refractivity contribution >= 4 is 39.3 Å². The SMILES string of the molecule is C[Si](C)(C)C1CC(C(=S)NC2CCC(C(=O)O)C(F)C2)CC([Si](C)(C)C)C1. The van der Waals surface area contributed by atoms with Crippen molar-refractivity contribution in [3.8, 4) is 0 Å². The van der Waals surface area contributed by atoms with Gasteiger partial charge in [-0.3, -0.25) is 4.79 Å². The van der Waals surface area contributed by atoms with E-state index < -0.39 is 34.2 Å². The first kappa shape index (κ1) is 23.0. The summed E-state index contributed by atoms with van der Waals surface area (Å²) in [5.41, 5.74) is 1.59. The van der Waals surface area contributed by atoms with Crippen molar-refractivity contribution in [3.63, 3.8) is 0 Å². The minimum Gasteiger partial charge on any atom is -0.481 e. The van der Waals surface area contributed by atoms with Crippen LogP contribution in [0.2, 0.25) is 50.4 Å². The lowest BCUT2D eigenvalue weighted by Gasteiger charge is -2.45. The summed E-state index contributed by atoms with van der Waals surface area (Å²) < 4.78 is 14.2. The number of nitrogens with one attached hydrogen (secondary N) is 1. The summed E-state index contributed by atoms with van der Waals surface area (Å²) in [7, 11) is -2.48. The number of thiocarbonyl (C=S) groups is 1. The van der Waals surface area contributed by atoms with Gasteiger partial charge in [-0.1, -0.05) is 57.9 Å². The Labute approximate surface area is 171 Å². The number of halogens is 1. The van der Waals surface area contributed by atoms with Gasteiger partial charge >= 0.3 is 5.97 Å². The number of carbonyl (C=O) groups is 1. The van der Waals surface area contributed by atoms with E-state index in [1.165, 1.54) is 19.3 Å². The molecule has 0 bridgehead atoms. The molecular weight excluding hydrogens is 393 g/mol. The van der Waals surface area contributed by atoms with Gasteiger partial charge in [-0.2, -0.15) is 0 Å². The monoisotopic (exact) mass is 431 g/mol. The van der Waals surface area contributed by atoms with Crippen LogP contribution in [0, 0.1) is 11.8 Å². The maximum atomic E-state index is 14.2. The average Bonchev–Trinajstić information content (AvgIpc) is 2.52. The largest absolute Gasteiger partial charge is 0.481 e. The topological polar surface area (TPSA) is 49.3 Å². The first-order chi connectivity index (χ1) is 12.3. The highest BCUT2D eigenvalue weighted by molar-refractivity contribution is 7.80. The molecule has 2 aliphatic carbocycles. The number of rotatable bonds is 5. The molecule has 0 radical (unpaired) electrons. The summed E-state index contributed by atoms with van der Waals surface area (Å²) in [6, 6.07) is -0.0133. The maximum Gasteiger partial charge on any atom is 0.309 e. The van der Waals surface area contributed by atoms with Crippen molar-refractivity contribution in [1.82, 2.24) is 5.32 Å². The molecule has 0 spiro atoms. The Morgan fingerprint density at radius 3 is 1.89 bits per heavy atom. The molecule has 0 aromatic rings. The molecule has 0 saturated heterocycles. The Kier molecular flexibility index (Phi) is 7.34. The van der Waals surface area contributed by atoms with Gasteiger partial charge in [0.25, 0.3) is 0 Å². The Bertz CT molecular complexity index is 539. The van der Waals surface area contributed by atoms with Crippen molar-refractivity contribution in [2.24, 2.45) is 11.8 Å². The van der Waals surface area contributed by atoms with Crippen LogP contribution in [0.15, 0.2) is 0 Å². The maximum absolute atomic E-state index is 14.2. The highest BCUT2D eigenvalue weighted by Crippen LogP contribution is 2.49. The second kappa shape index (κ2) is 8.61. The summed E-state index contributed by atoms with van der Waals surface area (Å²) in [6.07, 6.45) is 3.79. The molecule has 0 aliphatic heterocycles. The summed E-state index contributed by atoms with van der Waals surface area (Å²) in [4.78, 5) is 12.0. The number of hydrogen-bond acceptors (Lipinski definition) is 2. The van der Waals surface area contributed by atoms with E-state index in [4.69, 9.17) is 17.3 Å². The summed E-state index contributed by atoms with van der Waals surface area (Å²) in [5.74, 6) is -1.46. The lowest BCUT2D eigenvalue weighted by molar-refractivity contribution is -0.145. The number of carboxylic acids is 1. The van der Waals surface area contributed by atoms with Crippen molar-refractivity contribution in [2.45, 2.75) is 101 Å². The first-order valence-corrected chi connectivity index (χ1v) is 18.0. The van der Waals surface area contributed by atoms with Gasteiger partial charge in [0.1, 0.15) is 6.17 Å². The lowest BCUT2D eigenvalue weighted by atomic mass is 9.83. The van der Waals surface area contributed by atoms with Gasteiger partial charge in [0.2, 0.25) is 0 Å². The second-order valence-corrected chi connectivity index (χ2v) is 22.5. The van der Waals surface area contributed by atoms with E-state index >= 15 is 0 Å². The molecule has 0 aromatic heterocycles. The molecule has 2 aliphatic rings. The Hall–Kier alpha value is -0.276. The average molecular weight is 432 g/mol. The number of carboxylic acid groups (broad SMARTS) is 1. The zero-order valence-electron chi connectivity index (χ0n) is 17.8. The van der Waals surface area contributed by atoms with Gasteiger partial charge in [0, 0.05) is 28.1 Å². The van der Waals surface area contributed by atoms with Gasteiger partial charge in [0.15, 0.2) is 0 Å². The van der Waals surface area contributed by atoms with Crippen molar-refractivity contribution in [2.75, 3.05) is 0 Å². The molecule has 0 amide bonds. The predicted molar refractivity (Wildman–Crippen MR) is 121 cm³/mol. The number of alkyl halides is 1. The van der Waals surface area contributed by atoms with Crippen LogP contribution in [-0.4, -0.2) is 44.4 Å². The molecule has 27 heavy (non-hydrogen) atoms. The number of hydrogen-bond donors (Lipinski definition) is 2. The van der Waals surface area contributed by atoms with Gasteiger partial charge in [-0.05, 0) is 43.2 Å². The van der Waals surface area contributed by atoms with Crippen molar-refractivity contribution < 1.29 is 14.3 Å². The first-order valence-electron chi connectivity index (χ1n) is 10.5. The molecule has 2 fully saturated rings. The summed E-state index contributed by atoms with van der Waals surface area (Å²) in [6.45, 7) is 14.8. The van der Waals surface area contributed by atoms with Gasteiger partial charge in [-0.25, -0.2) is 4.39 Å². The van der Waals surface area contributed by atoms with Crippen LogP contribution in [0.3, 0.4) is 0 Å². The van der Waals surface area contributed by atoms with Crippen LogP contribution < -0.4 is 5.32 Å². The highest BCUT2D eigenvalue weighted by Gasteiger charge is 2.42. The van der Waals surface area contributed by atoms with Gasteiger partial charge in [-0.15, -0.1) is 0 Å². The van der Waals surface area contributed by atoms with Crippen LogP contribution in [0.1, 0.15) is 38.5 Å². The summed E-state index contributed by atoms with van der Waals surface area (Å²) in [5, 5.41) is 12.6. The predicted octanol–water partition coefficient (Wildman–Crippen LogP) is 5.71. The fourth-order valence-corrected chi connectivity index (χ4v) is 9.35. The van der Waals surface area contributed by atoms with E-state index in [0.29, 0.717) is 18.8 Å². The van der Waals surface area contributed by atoms with E-state index in [-0.39, 0.29) is 12.5 Å². The Morgan fingerprint density at radius 2 is 1.48 bits per heavy atom. The van der Waals surface area contributed by atoms with Crippen molar-refractivity contribution in [1.29, 1.82) is 0 Å². The third-order valence-electron chi connectivity index (χ3n) is 6.96. The Balaban J connectivity index is 2.02. The molecule has 5 atom stereocenters. The molecule has 2 rings (SSSR count). The van der Waals surface area contributed by atoms with Crippen LogP contribution in [-0.2, 0) is 4.79 Å². The normalized spacial score (nSPS) is 35.5. The van der Waals surface area contributed by atoms with E-state index in [2.05, 4.69) is 44.6 Å². The summed E-state index contributed by atoms with van der Waals surface area (Å²) >= 11 is 5.81. The molecule has 0 heterocycles. The zero-order chi connectivity index (χ0) is 20.6. The molecule has 7 heteroatoms. The molecule has 2 N–H and O–H groups in total. The second-order valence-electron chi connectivity index (χ2n) is 11.0.